The minimum atomic E-state index is -0.238. The van der Waals surface area contributed by atoms with Gasteiger partial charge in [-0.3, -0.25) is 0 Å². The van der Waals surface area contributed by atoms with E-state index in [1.807, 2.05) is 25.8 Å². The lowest BCUT2D eigenvalue weighted by Crippen LogP contribution is -2.27. The van der Waals surface area contributed by atoms with Crippen LogP contribution in [0.2, 0.25) is 0 Å². The third-order valence-corrected chi connectivity index (χ3v) is 2.71. The first-order valence-electron chi connectivity index (χ1n) is 5.41. The maximum Gasteiger partial charge on any atom is 0.123 e. The van der Waals surface area contributed by atoms with E-state index in [1.165, 1.54) is 12.1 Å². The fourth-order valence-electron chi connectivity index (χ4n) is 1.50. The lowest BCUT2D eigenvalue weighted by molar-refractivity contribution is 0.477. The number of benzene rings is 1. The van der Waals surface area contributed by atoms with Crippen molar-refractivity contribution >= 4 is 5.69 Å². The SMILES string of the molecule is CC(C)C(C#N)CN(C)c1ccc(F)cc1. The molecule has 1 aromatic rings. The van der Waals surface area contributed by atoms with Crippen LogP contribution in [0.25, 0.3) is 0 Å². The number of hydrogen-bond donors (Lipinski definition) is 0. The van der Waals surface area contributed by atoms with Gasteiger partial charge >= 0.3 is 0 Å². The number of rotatable bonds is 4. The molecule has 16 heavy (non-hydrogen) atoms. The number of nitriles is 1. The van der Waals surface area contributed by atoms with Gasteiger partial charge in [0.15, 0.2) is 0 Å². The standard InChI is InChI=1S/C13H17FN2/c1-10(2)11(8-15)9-16(3)13-6-4-12(14)5-7-13/h4-7,10-11H,9H2,1-3H3. The highest BCUT2D eigenvalue weighted by molar-refractivity contribution is 5.45. The Balaban J connectivity index is 2.68. The summed E-state index contributed by atoms with van der Waals surface area (Å²) in [6.45, 7) is 4.73. The second-order valence-electron chi connectivity index (χ2n) is 4.34. The van der Waals surface area contributed by atoms with Crippen LogP contribution in [0.4, 0.5) is 10.1 Å². The summed E-state index contributed by atoms with van der Waals surface area (Å²) in [7, 11) is 1.92. The van der Waals surface area contributed by atoms with Gasteiger partial charge in [-0.1, -0.05) is 13.8 Å². The fraction of sp³-hybridized carbons (Fsp3) is 0.462. The lowest BCUT2D eigenvalue weighted by Gasteiger charge is -2.23. The van der Waals surface area contributed by atoms with Crippen molar-refractivity contribution in [2.24, 2.45) is 11.8 Å². The van der Waals surface area contributed by atoms with Crippen molar-refractivity contribution in [1.29, 1.82) is 5.26 Å². The summed E-state index contributed by atoms with van der Waals surface area (Å²) < 4.78 is 12.7. The van der Waals surface area contributed by atoms with Gasteiger partial charge in [-0.15, -0.1) is 0 Å². The van der Waals surface area contributed by atoms with E-state index in [0.717, 1.165) is 5.69 Å². The molecule has 1 unspecified atom stereocenters. The molecule has 0 aromatic heterocycles. The summed E-state index contributed by atoms with van der Waals surface area (Å²) in [6.07, 6.45) is 0. The maximum absolute atomic E-state index is 12.7. The summed E-state index contributed by atoms with van der Waals surface area (Å²) in [6, 6.07) is 8.62. The second-order valence-corrected chi connectivity index (χ2v) is 4.34. The average Bonchev–Trinajstić information content (AvgIpc) is 2.26. The summed E-state index contributed by atoms with van der Waals surface area (Å²) in [5, 5.41) is 9.00. The van der Waals surface area contributed by atoms with E-state index in [-0.39, 0.29) is 11.7 Å². The van der Waals surface area contributed by atoms with E-state index in [0.29, 0.717) is 12.5 Å². The zero-order valence-electron chi connectivity index (χ0n) is 9.94. The molecule has 0 radical (unpaired) electrons. The predicted molar refractivity (Wildman–Crippen MR) is 63.6 cm³/mol. The highest BCUT2D eigenvalue weighted by atomic mass is 19.1. The first-order chi connectivity index (χ1) is 7.54. The Kier molecular flexibility index (Phi) is 4.30. The topological polar surface area (TPSA) is 27.0 Å². The third kappa shape index (κ3) is 3.23. The van der Waals surface area contributed by atoms with Crippen molar-refractivity contribution in [1.82, 2.24) is 0 Å². The average molecular weight is 220 g/mol. The van der Waals surface area contributed by atoms with Crippen molar-refractivity contribution in [3.05, 3.63) is 30.1 Å². The van der Waals surface area contributed by atoms with Crippen LogP contribution >= 0.6 is 0 Å². The first-order valence-corrected chi connectivity index (χ1v) is 5.41. The van der Waals surface area contributed by atoms with Crippen molar-refractivity contribution in [3.8, 4) is 6.07 Å². The first kappa shape index (κ1) is 12.5. The van der Waals surface area contributed by atoms with Crippen LogP contribution in [0.15, 0.2) is 24.3 Å². The van der Waals surface area contributed by atoms with Crippen molar-refractivity contribution in [2.75, 3.05) is 18.5 Å². The summed E-state index contributed by atoms with van der Waals surface area (Å²) in [5.41, 5.74) is 0.933. The van der Waals surface area contributed by atoms with Crippen LogP contribution in [0.3, 0.4) is 0 Å². The highest BCUT2D eigenvalue weighted by Crippen LogP contribution is 2.17. The summed E-state index contributed by atoms with van der Waals surface area (Å²) in [4.78, 5) is 1.98. The van der Waals surface area contributed by atoms with Crippen LogP contribution in [-0.4, -0.2) is 13.6 Å². The van der Waals surface area contributed by atoms with Crippen molar-refractivity contribution in [2.45, 2.75) is 13.8 Å². The van der Waals surface area contributed by atoms with E-state index in [4.69, 9.17) is 5.26 Å². The molecule has 3 heteroatoms. The molecule has 0 N–H and O–H groups in total. The highest BCUT2D eigenvalue weighted by Gasteiger charge is 2.15. The van der Waals surface area contributed by atoms with Crippen LogP contribution in [-0.2, 0) is 0 Å². The van der Waals surface area contributed by atoms with Crippen LogP contribution in [0.1, 0.15) is 13.8 Å². The molecule has 0 fully saturated rings. The van der Waals surface area contributed by atoms with Gasteiger partial charge in [0.1, 0.15) is 5.82 Å². The number of nitrogens with zero attached hydrogens (tertiary/aromatic N) is 2. The Morgan fingerprint density at radius 2 is 1.88 bits per heavy atom. The summed E-state index contributed by atoms with van der Waals surface area (Å²) in [5.74, 6) is 0.0841. The Hall–Kier alpha value is -1.56. The second kappa shape index (κ2) is 5.50. The molecule has 0 aliphatic carbocycles. The Labute approximate surface area is 96.3 Å². The Morgan fingerprint density at radius 1 is 1.31 bits per heavy atom. The van der Waals surface area contributed by atoms with Gasteiger partial charge in [0, 0.05) is 19.3 Å². The van der Waals surface area contributed by atoms with Gasteiger partial charge in [-0.05, 0) is 30.2 Å². The normalized spacial score (nSPS) is 12.2. The van der Waals surface area contributed by atoms with Gasteiger partial charge in [-0.25, -0.2) is 4.39 Å². The molecule has 0 saturated heterocycles. The van der Waals surface area contributed by atoms with Gasteiger partial charge in [0.25, 0.3) is 0 Å². The van der Waals surface area contributed by atoms with Crippen LogP contribution in [0, 0.1) is 29.0 Å². The molecule has 0 aliphatic rings. The Morgan fingerprint density at radius 3 is 2.31 bits per heavy atom. The molecule has 0 spiro atoms. The number of hydrogen-bond acceptors (Lipinski definition) is 2. The van der Waals surface area contributed by atoms with Crippen LogP contribution in [0.5, 0.6) is 0 Å². The summed E-state index contributed by atoms with van der Waals surface area (Å²) >= 11 is 0. The largest absolute Gasteiger partial charge is 0.373 e. The number of anilines is 1. The van der Waals surface area contributed by atoms with E-state index in [9.17, 15) is 4.39 Å². The molecule has 0 aliphatic heterocycles. The lowest BCUT2D eigenvalue weighted by atomic mass is 9.97. The predicted octanol–water partition coefficient (Wildman–Crippen LogP) is 3.06. The van der Waals surface area contributed by atoms with Gasteiger partial charge in [0.2, 0.25) is 0 Å². The Bertz CT molecular complexity index is 365. The molecule has 86 valence electrons. The van der Waals surface area contributed by atoms with Crippen molar-refractivity contribution in [3.63, 3.8) is 0 Å². The van der Waals surface area contributed by atoms with Crippen molar-refractivity contribution < 1.29 is 4.39 Å². The molecular formula is C13H17FN2. The zero-order valence-corrected chi connectivity index (χ0v) is 9.94. The van der Waals surface area contributed by atoms with E-state index in [1.54, 1.807) is 12.1 Å². The molecule has 2 nitrogen and oxygen atoms in total. The molecule has 1 atom stereocenters. The van der Waals surface area contributed by atoms with Gasteiger partial charge in [-0.2, -0.15) is 5.26 Å². The fourth-order valence-corrected chi connectivity index (χ4v) is 1.50. The molecule has 1 rings (SSSR count). The van der Waals surface area contributed by atoms with Crippen LogP contribution < -0.4 is 4.90 Å². The maximum atomic E-state index is 12.7. The molecule has 0 heterocycles. The van der Waals surface area contributed by atoms with Gasteiger partial charge in [0.05, 0.1) is 12.0 Å². The molecule has 0 saturated carbocycles. The monoisotopic (exact) mass is 220 g/mol. The zero-order chi connectivity index (χ0) is 12.1. The molecule has 0 bridgehead atoms. The van der Waals surface area contributed by atoms with E-state index >= 15 is 0 Å². The quantitative estimate of drug-likeness (QED) is 0.779. The smallest absolute Gasteiger partial charge is 0.123 e. The van der Waals surface area contributed by atoms with E-state index < -0.39 is 0 Å². The minimum absolute atomic E-state index is 0.00458. The molecule has 0 amide bonds. The molecular weight excluding hydrogens is 203 g/mol. The van der Waals surface area contributed by atoms with Gasteiger partial charge < -0.3 is 4.90 Å². The van der Waals surface area contributed by atoms with E-state index in [2.05, 4.69) is 6.07 Å². The molecule has 1 aromatic carbocycles. The minimum Gasteiger partial charge on any atom is -0.373 e. The third-order valence-electron chi connectivity index (χ3n) is 2.71. The number of halogens is 1.